The number of thioether (sulfide) groups is 1. The van der Waals surface area contributed by atoms with Gasteiger partial charge in [0.1, 0.15) is 5.75 Å². The van der Waals surface area contributed by atoms with E-state index in [0.29, 0.717) is 22.9 Å². The molecule has 2 rings (SSSR count). The number of carbonyl (C=O) groups excluding carboxylic acids is 2. The second-order valence-electron chi connectivity index (χ2n) is 5.50. The molecule has 0 aliphatic rings. The van der Waals surface area contributed by atoms with Crippen molar-refractivity contribution in [2.75, 3.05) is 18.9 Å². The predicted octanol–water partition coefficient (Wildman–Crippen LogP) is 4.14. The Morgan fingerprint density at radius 2 is 1.88 bits per heavy atom. The van der Waals surface area contributed by atoms with Gasteiger partial charge in [0.2, 0.25) is 0 Å². The molecule has 0 aliphatic carbocycles. The Morgan fingerprint density at radius 3 is 2.56 bits per heavy atom. The van der Waals surface area contributed by atoms with Crippen molar-refractivity contribution >= 4 is 35.1 Å². The summed E-state index contributed by atoms with van der Waals surface area (Å²) in [7, 11) is 0. The Balaban J connectivity index is 1.74. The van der Waals surface area contributed by atoms with Gasteiger partial charge in [-0.2, -0.15) is 0 Å². The van der Waals surface area contributed by atoms with Crippen molar-refractivity contribution in [3.8, 4) is 5.75 Å². The average molecular weight is 378 g/mol. The van der Waals surface area contributed by atoms with Crippen LogP contribution in [-0.4, -0.2) is 30.6 Å². The number of ketones is 1. The van der Waals surface area contributed by atoms with E-state index in [0.717, 1.165) is 5.75 Å². The molecular weight excluding hydrogens is 358 g/mol. The zero-order valence-electron chi connectivity index (χ0n) is 14.2. The summed E-state index contributed by atoms with van der Waals surface area (Å²) in [6.45, 7) is 3.88. The smallest absolute Gasteiger partial charge is 0.257 e. The molecule has 4 nitrogen and oxygen atoms in total. The molecule has 25 heavy (non-hydrogen) atoms. The SMILES string of the molecule is CC(=O)c1cc(Cl)ccc1OCC(=O)NCCSc1ccc(C)cc1. The first-order chi connectivity index (χ1) is 12.0. The molecule has 0 heterocycles. The molecule has 1 amide bonds. The van der Waals surface area contributed by atoms with Crippen LogP contribution in [0.5, 0.6) is 5.75 Å². The zero-order valence-corrected chi connectivity index (χ0v) is 15.7. The van der Waals surface area contributed by atoms with Gasteiger partial charge in [-0.25, -0.2) is 0 Å². The number of rotatable bonds is 8. The summed E-state index contributed by atoms with van der Waals surface area (Å²) in [5, 5.41) is 3.25. The van der Waals surface area contributed by atoms with Crippen LogP contribution in [-0.2, 0) is 4.79 Å². The number of amides is 1. The van der Waals surface area contributed by atoms with Gasteiger partial charge in [0, 0.05) is 22.2 Å². The molecule has 132 valence electrons. The Bertz CT molecular complexity index is 747. The zero-order chi connectivity index (χ0) is 18.2. The van der Waals surface area contributed by atoms with Crippen LogP contribution >= 0.6 is 23.4 Å². The molecule has 2 aromatic rings. The molecule has 0 aromatic heterocycles. The highest BCUT2D eigenvalue weighted by atomic mass is 35.5. The van der Waals surface area contributed by atoms with E-state index in [1.165, 1.54) is 23.4 Å². The molecule has 0 unspecified atom stereocenters. The summed E-state index contributed by atoms with van der Waals surface area (Å²) >= 11 is 7.56. The summed E-state index contributed by atoms with van der Waals surface area (Å²) in [5.41, 5.74) is 1.59. The van der Waals surface area contributed by atoms with Crippen LogP contribution in [0.1, 0.15) is 22.8 Å². The van der Waals surface area contributed by atoms with E-state index in [1.807, 2.05) is 6.92 Å². The largest absolute Gasteiger partial charge is 0.483 e. The van der Waals surface area contributed by atoms with E-state index in [4.69, 9.17) is 16.3 Å². The van der Waals surface area contributed by atoms with Crippen molar-refractivity contribution in [2.24, 2.45) is 0 Å². The van der Waals surface area contributed by atoms with Crippen LogP contribution < -0.4 is 10.1 Å². The van der Waals surface area contributed by atoms with Gasteiger partial charge in [0.05, 0.1) is 5.56 Å². The molecule has 6 heteroatoms. The number of benzene rings is 2. The van der Waals surface area contributed by atoms with Gasteiger partial charge in [-0.05, 0) is 44.2 Å². The van der Waals surface area contributed by atoms with E-state index in [2.05, 4.69) is 29.6 Å². The third-order valence-electron chi connectivity index (χ3n) is 3.39. The monoisotopic (exact) mass is 377 g/mol. The van der Waals surface area contributed by atoms with Gasteiger partial charge < -0.3 is 10.1 Å². The maximum absolute atomic E-state index is 11.9. The molecule has 0 bridgehead atoms. The summed E-state index contributed by atoms with van der Waals surface area (Å²) in [5.74, 6) is 0.747. The van der Waals surface area contributed by atoms with Crippen molar-refractivity contribution in [1.82, 2.24) is 5.32 Å². The lowest BCUT2D eigenvalue weighted by Gasteiger charge is -2.10. The van der Waals surface area contributed by atoms with Gasteiger partial charge in [-0.3, -0.25) is 9.59 Å². The van der Waals surface area contributed by atoms with E-state index >= 15 is 0 Å². The molecule has 0 saturated carbocycles. The number of nitrogens with one attached hydrogen (secondary N) is 1. The molecule has 0 radical (unpaired) electrons. The number of halogens is 1. The number of hydrogen-bond donors (Lipinski definition) is 1. The van der Waals surface area contributed by atoms with E-state index in [1.54, 1.807) is 23.9 Å². The number of Topliss-reactive ketones (excluding diaryl/α,β-unsaturated/α-hetero) is 1. The minimum atomic E-state index is -0.228. The third kappa shape index (κ3) is 6.44. The number of carbonyl (C=O) groups is 2. The van der Waals surface area contributed by atoms with Gasteiger partial charge in [0.15, 0.2) is 12.4 Å². The lowest BCUT2D eigenvalue weighted by molar-refractivity contribution is -0.122. The van der Waals surface area contributed by atoms with E-state index in [-0.39, 0.29) is 18.3 Å². The molecule has 1 N–H and O–H groups in total. The fraction of sp³-hybridized carbons (Fsp3) is 0.263. The maximum Gasteiger partial charge on any atom is 0.257 e. The van der Waals surface area contributed by atoms with Gasteiger partial charge in [-0.15, -0.1) is 11.8 Å². The lowest BCUT2D eigenvalue weighted by atomic mass is 10.1. The van der Waals surface area contributed by atoms with E-state index in [9.17, 15) is 9.59 Å². The standard InChI is InChI=1S/C19H20ClNO3S/c1-13-3-6-16(7-4-13)25-10-9-21-19(23)12-24-18-8-5-15(20)11-17(18)14(2)22/h3-8,11H,9-10,12H2,1-2H3,(H,21,23). The summed E-state index contributed by atoms with van der Waals surface area (Å²) in [6.07, 6.45) is 0. The van der Waals surface area contributed by atoms with Crippen molar-refractivity contribution in [2.45, 2.75) is 18.7 Å². The highest BCUT2D eigenvalue weighted by molar-refractivity contribution is 7.99. The Hall–Kier alpha value is -1.98. The van der Waals surface area contributed by atoms with Gasteiger partial charge >= 0.3 is 0 Å². The van der Waals surface area contributed by atoms with Crippen molar-refractivity contribution in [3.05, 3.63) is 58.6 Å². The minimum absolute atomic E-state index is 0.142. The Kier molecular flexibility index (Phi) is 7.34. The summed E-state index contributed by atoms with van der Waals surface area (Å²) < 4.78 is 5.45. The molecule has 0 aliphatic heterocycles. The number of aryl methyl sites for hydroxylation is 1. The third-order valence-corrected chi connectivity index (χ3v) is 4.64. The van der Waals surface area contributed by atoms with Crippen LogP contribution in [0, 0.1) is 6.92 Å². The fourth-order valence-electron chi connectivity index (χ4n) is 2.09. The van der Waals surface area contributed by atoms with Crippen LogP contribution in [0.2, 0.25) is 5.02 Å². The highest BCUT2D eigenvalue weighted by Gasteiger charge is 2.11. The molecule has 0 fully saturated rings. The fourth-order valence-corrected chi connectivity index (χ4v) is 3.03. The van der Waals surface area contributed by atoms with Crippen LogP contribution in [0.3, 0.4) is 0 Å². The minimum Gasteiger partial charge on any atom is -0.483 e. The van der Waals surface area contributed by atoms with Crippen LogP contribution in [0.25, 0.3) is 0 Å². The average Bonchev–Trinajstić information content (AvgIpc) is 2.59. The lowest BCUT2D eigenvalue weighted by Crippen LogP contribution is -2.30. The Morgan fingerprint density at radius 1 is 1.16 bits per heavy atom. The summed E-state index contributed by atoms with van der Waals surface area (Å²) in [4.78, 5) is 24.6. The quantitative estimate of drug-likeness (QED) is 0.427. The molecule has 0 atom stereocenters. The van der Waals surface area contributed by atoms with E-state index < -0.39 is 0 Å². The molecular formula is C19H20ClNO3S. The second-order valence-corrected chi connectivity index (χ2v) is 7.10. The molecule has 0 spiro atoms. The summed E-state index contributed by atoms with van der Waals surface area (Å²) in [6, 6.07) is 13.0. The van der Waals surface area contributed by atoms with Crippen LogP contribution in [0.15, 0.2) is 47.4 Å². The van der Waals surface area contributed by atoms with Crippen molar-refractivity contribution in [3.63, 3.8) is 0 Å². The number of ether oxygens (including phenoxy) is 1. The first-order valence-corrected chi connectivity index (χ1v) is 9.21. The van der Waals surface area contributed by atoms with Gasteiger partial charge in [-0.1, -0.05) is 29.3 Å². The van der Waals surface area contributed by atoms with Crippen molar-refractivity contribution in [1.29, 1.82) is 0 Å². The normalized spacial score (nSPS) is 10.4. The Labute approximate surface area is 156 Å². The highest BCUT2D eigenvalue weighted by Crippen LogP contribution is 2.23. The topological polar surface area (TPSA) is 55.4 Å². The first-order valence-electron chi connectivity index (χ1n) is 7.85. The predicted molar refractivity (Wildman–Crippen MR) is 102 cm³/mol. The molecule has 2 aromatic carbocycles. The van der Waals surface area contributed by atoms with Gasteiger partial charge in [0.25, 0.3) is 5.91 Å². The molecule has 0 saturated heterocycles. The van der Waals surface area contributed by atoms with Crippen LogP contribution in [0.4, 0.5) is 0 Å². The second kappa shape index (κ2) is 9.49. The first kappa shape index (κ1) is 19.3. The number of hydrogen-bond acceptors (Lipinski definition) is 4. The maximum atomic E-state index is 11.9. The van der Waals surface area contributed by atoms with Crippen molar-refractivity contribution < 1.29 is 14.3 Å².